The van der Waals surface area contributed by atoms with Gasteiger partial charge >= 0.3 is 6.09 Å². The highest BCUT2D eigenvalue weighted by Crippen LogP contribution is 2.62. The van der Waals surface area contributed by atoms with Gasteiger partial charge in [-0.2, -0.15) is 0 Å². The summed E-state index contributed by atoms with van der Waals surface area (Å²) in [6.07, 6.45) is 8.91. The summed E-state index contributed by atoms with van der Waals surface area (Å²) in [5.74, 6) is -0.638. The molecule has 1 heterocycles. The van der Waals surface area contributed by atoms with Gasteiger partial charge in [0.15, 0.2) is 0 Å². The molecule has 1 fully saturated rings. The number of allylic oxidation sites excluding steroid dienone is 1. The number of carbonyl (C=O) groups is 1. The van der Waals surface area contributed by atoms with E-state index in [9.17, 15) is 25.1 Å². The van der Waals surface area contributed by atoms with Crippen LogP contribution >= 0.6 is 0 Å². The van der Waals surface area contributed by atoms with Crippen LogP contribution in [0.4, 0.5) is 10.5 Å². The zero-order valence-electron chi connectivity index (χ0n) is 31.7. The SMILES string of the molecule is C=CCO[C@@]12Oc3ccc(Oc4cccc([N+](=O)[O-])c4)cc3[C@H]3[C@H](CCCCO)[C@@H](CCCCO)C=C(C(=NOCC)C[C@@H]1N(CCC)C(=O)OCC)[C@H]32. The number of rotatable bonds is 20. The molecule has 2 aromatic rings. The van der Waals surface area contributed by atoms with Gasteiger partial charge in [-0.15, -0.1) is 6.58 Å². The van der Waals surface area contributed by atoms with Gasteiger partial charge in [0.05, 0.1) is 35.8 Å². The lowest BCUT2D eigenvalue weighted by molar-refractivity contribution is -0.384. The Balaban J connectivity index is 1.77. The Kier molecular flexibility index (Phi) is 14.5. The van der Waals surface area contributed by atoms with Crippen molar-refractivity contribution in [2.75, 3.05) is 39.6 Å². The van der Waals surface area contributed by atoms with Gasteiger partial charge in [0.25, 0.3) is 5.69 Å². The van der Waals surface area contributed by atoms with Crippen molar-refractivity contribution >= 4 is 17.5 Å². The lowest BCUT2D eigenvalue weighted by atomic mass is 9.55. The predicted octanol–water partition coefficient (Wildman–Crippen LogP) is 7.91. The van der Waals surface area contributed by atoms with Crippen molar-refractivity contribution < 1.29 is 43.7 Å². The molecular weight excluding hydrogens is 694 g/mol. The number of unbranched alkanes of at least 4 members (excludes halogenated alkanes) is 2. The third-order valence-electron chi connectivity index (χ3n) is 10.6. The topological polar surface area (TPSA) is 162 Å². The highest BCUT2D eigenvalue weighted by molar-refractivity contribution is 6.03. The summed E-state index contributed by atoms with van der Waals surface area (Å²) in [6.45, 7) is 10.9. The first-order chi connectivity index (χ1) is 26.3. The number of carbonyl (C=O) groups excluding carboxylic acids is 1. The molecule has 1 saturated carbocycles. The summed E-state index contributed by atoms with van der Waals surface area (Å²) in [5.41, 5.74) is 2.43. The Morgan fingerprint density at radius 1 is 1.07 bits per heavy atom. The summed E-state index contributed by atoms with van der Waals surface area (Å²) in [7, 11) is 0. The molecule has 2 aliphatic carbocycles. The van der Waals surface area contributed by atoms with Crippen LogP contribution in [0.25, 0.3) is 0 Å². The minimum absolute atomic E-state index is 0.0284. The molecule has 13 heteroatoms. The van der Waals surface area contributed by atoms with Crippen LogP contribution in [0.5, 0.6) is 17.2 Å². The van der Waals surface area contributed by atoms with Gasteiger partial charge < -0.3 is 34.0 Å². The average molecular weight is 750 g/mol. The smallest absolute Gasteiger partial charge is 0.410 e. The van der Waals surface area contributed by atoms with Gasteiger partial charge in [-0.05, 0) is 87.6 Å². The second-order valence-corrected chi connectivity index (χ2v) is 13.9. The lowest BCUT2D eigenvalue weighted by Gasteiger charge is -2.59. The van der Waals surface area contributed by atoms with E-state index in [4.69, 9.17) is 28.9 Å². The Bertz CT molecular complexity index is 1660. The number of hydrogen-bond donors (Lipinski definition) is 2. The van der Waals surface area contributed by atoms with Crippen LogP contribution in [0.1, 0.15) is 83.6 Å². The van der Waals surface area contributed by atoms with Crippen molar-refractivity contribution in [2.45, 2.75) is 89.9 Å². The van der Waals surface area contributed by atoms with E-state index < -0.39 is 28.8 Å². The molecule has 1 amide bonds. The summed E-state index contributed by atoms with van der Waals surface area (Å²) < 4.78 is 26.0. The number of aliphatic hydroxyl groups excluding tert-OH is 2. The first-order valence-electron chi connectivity index (χ1n) is 19.3. The van der Waals surface area contributed by atoms with Crippen molar-refractivity contribution in [3.8, 4) is 17.2 Å². The van der Waals surface area contributed by atoms with E-state index in [0.717, 1.165) is 36.8 Å². The molecule has 2 N–H and O–H groups in total. The minimum atomic E-state index is -1.39. The monoisotopic (exact) mass is 749 g/mol. The van der Waals surface area contributed by atoms with E-state index in [-0.39, 0.29) is 56.3 Å². The molecule has 5 rings (SSSR count). The molecule has 6 atom stereocenters. The van der Waals surface area contributed by atoms with Gasteiger partial charge in [-0.25, -0.2) is 4.79 Å². The Hall–Kier alpha value is -4.46. The average Bonchev–Trinajstić information content (AvgIpc) is 3.17. The molecule has 0 unspecified atom stereocenters. The Morgan fingerprint density at radius 2 is 1.83 bits per heavy atom. The van der Waals surface area contributed by atoms with E-state index in [1.165, 1.54) is 12.1 Å². The van der Waals surface area contributed by atoms with Gasteiger partial charge in [0, 0.05) is 43.7 Å². The first-order valence-corrected chi connectivity index (χ1v) is 19.3. The molecule has 3 aliphatic rings. The fraction of sp³-hybridized carbons (Fsp3) is 0.561. The maximum Gasteiger partial charge on any atom is 0.410 e. The lowest BCUT2D eigenvalue weighted by Crippen LogP contribution is -2.70. The number of non-ortho nitro benzene ring substituents is 1. The largest absolute Gasteiger partial charge is 0.459 e. The van der Waals surface area contributed by atoms with Crippen LogP contribution in [0.3, 0.4) is 0 Å². The maximum atomic E-state index is 13.8. The molecule has 2 aromatic carbocycles. The predicted molar refractivity (Wildman–Crippen MR) is 204 cm³/mol. The van der Waals surface area contributed by atoms with Crippen LogP contribution in [-0.2, 0) is 14.3 Å². The first kappa shape index (κ1) is 40.7. The van der Waals surface area contributed by atoms with Gasteiger partial charge in [0.1, 0.15) is 29.9 Å². The molecular formula is C41H55N3O10. The van der Waals surface area contributed by atoms with Crippen LogP contribution in [0.2, 0.25) is 0 Å². The Morgan fingerprint density at radius 3 is 2.52 bits per heavy atom. The van der Waals surface area contributed by atoms with E-state index >= 15 is 0 Å². The standard InChI is InChI=1S/C41H55N3O10/c1-5-20-43(40(47)50-7-3)37-27-35(42-52-8-4)33-24-28(14-9-11-21-45)32(17-10-12-22-46)38-34-26-31(53-30-16-13-15-29(25-30)44(48)49)18-19-36(34)54-41(37,39(33)38)51-23-6-2/h6,13,15-16,18-19,24-26,28,32,37-39,45-46H,2,5,7-12,14,17,20-23,27H2,1,3-4H3/t28-,32+,37-,38+,39+,41+/m0/s1. The maximum absolute atomic E-state index is 13.8. The molecule has 54 heavy (non-hydrogen) atoms. The third-order valence-corrected chi connectivity index (χ3v) is 10.6. The number of nitro groups is 1. The molecule has 0 radical (unpaired) electrons. The number of aliphatic hydroxyl groups is 2. The van der Waals surface area contributed by atoms with Crippen LogP contribution < -0.4 is 9.47 Å². The van der Waals surface area contributed by atoms with Gasteiger partial charge in [-0.3, -0.25) is 15.0 Å². The van der Waals surface area contributed by atoms with Crippen LogP contribution in [0.15, 0.2) is 71.9 Å². The number of nitrogens with zero attached hydrogens (tertiary/aromatic N) is 3. The van der Waals surface area contributed by atoms with E-state index in [1.807, 2.05) is 26.0 Å². The van der Waals surface area contributed by atoms with Crippen LogP contribution in [-0.4, -0.2) is 83.2 Å². The summed E-state index contributed by atoms with van der Waals surface area (Å²) >= 11 is 0. The van der Waals surface area contributed by atoms with E-state index in [1.54, 1.807) is 36.1 Å². The van der Waals surface area contributed by atoms with Crippen molar-refractivity contribution in [1.29, 1.82) is 0 Å². The highest BCUT2D eigenvalue weighted by atomic mass is 16.7. The normalized spacial score (nSPS) is 24.7. The fourth-order valence-electron chi connectivity index (χ4n) is 8.47. The number of nitro benzene ring substituents is 1. The van der Waals surface area contributed by atoms with E-state index in [2.05, 4.69) is 12.7 Å². The molecule has 13 nitrogen and oxygen atoms in total. The van der Waals surface area contributed by atoms with Gasteiger partial charge in [-0.1, -0.05) is 43.1 Å². The summed E-state index contributed by atoms with van der Waals surface area (Å²) in [5, 5.41) is 35.8. The Labute approximate surface area is 317 Å². The zero-order chi connectivity index (χ0) is 38.7. The summed E-state index contributed by atoms with van der Waals surface area (Å²) in [4.78, 5) is 32.4. The number of benzene rings is 2. The van der Waals surface area contributed by atoms with E-state index in [0.29, 0.717) is 55.4 Å². The second-order valence-electron chi connectivity index (χ2n) is 13.9. The van der Waals surface area contributed by atoms with Crippen LogP contribution in [0, 0.1) is 27.9 Å². The van der Waals surface area contributed by atoms with Crippen molar-refractivity contribution in [1.82, 2.24) is 4.90 Å². The molecule has 1 aliphatic heterocycles. The number of hydrogen-bond acceptors (Lipinski definition) is 11. The van der Waals surface area contributed by atoms with Crippen molar-refractivity contribution in [3.63, 3.8) is 0 Å². The fourth-order valence-corrected chi connectivity index (χ4v) is 8.47. The number of amides is 1. The quantitative estimate of drug-likeness (QED) is 0.0589. The second kappa shape index (κ2) is 19.2. The zero-order valence-corrected chi connectivity index (χ0v) is 31.7. The molecule has 0 bridgehead atoms. The molecule has 0 spiro atoms. The molecule has 0 aromatic heterocycles. The highest BCUT2D eigenvalue weighted by Gasteiger charge is 2.65. The molecule has 0 saturated heterocycles. The summed E-state index contributed by atoms with van der Waals surface area (Å²) in [6, 6.07) is 11.0. The molecule has 294 valence electrons. The minimum Gasteiger partial charge on any atom is -0.459 e. The van der Waals surface area contributed by atoms with Gasteiger partial charge in [0.2, 0.25) is 5.79 Å². The third kappa shape index (κ3) is 8.74. The van der Waals surface area contributed by atoms with Crippen molar-refractivity contribution in [3.05, 3.63) is 82.4 Å². The number of fused-ring (bicyclic) bond motifs is 2. The number of ether oxygens (including phenoxy) is 4. The van der Waals surface area contributed by atoms with Crippen molar-refractivity contribution in [2.24, 2.45) is 22.9 Å². The number of oxime groups is 1.